The number of hydrogen-bond acceptors (Lipinski definition) is 4. The van der Waals surface area contributed by atoms with Gasteiger partial charge in [-0.2, -0.15) is 0 Å². The number of aromatic nitrogens is 3. The third kappa shape index (κ3) is 4.40. The molecular formula is C21H22ClN5O2. The molecule has 0 fully saturated rings. The minimum atomic E-state index is -0.285. The van der Waals surface area contributed by atoms with Gasteiger partial charge >= 0.3 is 0 Å². The molecule has 0 aliphatic heterocycles. The summed E-state index contributed by atoms with van der Waals surface area (Å²) in [6.07, 6.45) is 8.21. The lowest BCUT2D eigenvalue weighted by Gasteiger charge is -2.24. The van der Waals surface area contributed by atoms with Crippen LogP contribution in [-0.4, -0.2) is 33.3 Å². The second kappa shape index (κ2) is 8.61. The number of rotatable bonds is 6. The zero-order valence-electron chi connectivity index (χ0n) is 15.9. The van der Waals surface area contributed by atoms with E-state index in [1.165, 1.54) is 24.2 Å². The van der Waals surface area contributed by atoms with Crippen LogP contribution in [-0.2, 0) is 11.2 Å². The molecule has 1 atom stereocenters. The Bertz CT molecular complexity index is 1030. The molecule has 0 unspecified atom stereocenters. The van der Waals surface area contributed by atoms with Crippen molar-refractivity contribution in [2.24, 2.45) is 0 Å². The predicted octanol–water partition coefficient (Wildman–Crippen LogP) is 3.32. The molecule has 1 aliphatic carbocycles. The summed E-state index contributed by atoms with van der Waals surface area (Å²) in [5.41, 5.74) is 3.64. The van der Waals surface area contributed by atoms with Crippen molar-refractivity contribution in [3.63, 3.8) is 0 Å². The van der Waals surface area contributed by atoms with Gasteiger partial charge < -0.3 is 15.6 Å². The molecule has 3 N–H and O–H groups in total. The number of amides is 2. The lowest BCUT2D eigenvalue weighted by molar-refractivity contribution is -0.122. The van der Waals surface area contributed by atoms with Crippen LogP contribution < -0.4 is 10.6 Å². The highest BCUT2D eigenvalue weighted by Gasteiger charge is 2.25. The number of hydrogen-bond donors (Lipinski definition) is 3. The summed E-state index contributed by atoms with van der Waals surface area (Å²) in [5.74, 6) is -0.305. The summed E-state index contributed by atoms with van der Waals surface area (Å²) in [6, 6.07) is 5.81. The van der Waals surface area contributed by atoms with Crippen molar-refractivity contribution in [3.8, 4) is 0 Å². The molecule has 2 aromatic heterocycles. The summed E-state index contributed by atoms with van der Waals surface area (Å²) < 4.78 is 0. The quantitative estimate of drug-likeness (QED) is 0.542. The Morgan fingerprint density at radius 2 is 2.17 bits per heavy atom. The van der Waals surface area contributed by atoms with Crippen LogP contribution in [0.5, 0.6) is 0 Å². The maximum absolute atomic E-state index is 12.4. The number of H-pyrrole nitrogens is 1. The molecule has 4 rings (SSSR count). The first-order valence-electron chi connectivity index (χ1n) is 9.75. The number of fused-ring (bicyclic) bond motifs is 3. The highest BCUT2D eigenvalue weighted by Crippen LogP contribution is 2.35. The van der Waals surface area contributed by atoms with Crippen molar-refractivity contribution in [2.75, 3.05) is 6.54 Å². The van der Waals surface area contributed by atoms with E-state index in [0.717, 1.165) is 35.9 Å². The summed E-state index contributed by atoms with van der Waals surface area (Å²) >= 11 is 6.15. The van der Waals surface area contributed by atoms with Crippen molar-refractivity contribution >= 4 is 34.3 Å². The minimum absolute atomic E-state index is 0.0201. The van der Waals surface area contributed by atoms with Crippen molar-refractivity contribution in [1.82, 2.24) is 25.6 Å². The van der Waals surface area contributed by atoms with Crippen molar-refractivity contribution in [1.29, 1.82) is 0 Å². The molecule has 2 amide bonds. The van der Waals surface area contributed by atoms with Crippen molar-refractivity contribution in [3.05, 3.63) is 58.8 Å². The first-order valence-corrected chi connectivity index (χ1v) is 10.1. The minimum Gasteiger partial charge on any atom is -0.356 e. The van der Waals surface area contributed by atoms with E-state index in [-0.39, 0.29) is 23.6 Å². The summed E-state index contributed by atoms with van der Waals surface area (Å²) in [6.45, 7) is 0.406. The molecule has 0 radical (unpaired) electrons. The summed E-state index contributed by atoms with van der Waals surface area (Å²) in [4.78, 5) is 35.6. The number of nitrogens with zero attached hydrogens (tertiary/aromatic N) is 2. The SMILES string of the molecule is O=C(CCCNC(=O)c1cnccn1)N[C@H]1CCCc2c1[nH]c1ccc(Cl)cc21. The van der Waals surface area contributed by atoms with E-state index >= 15 is 0 Å². The molecule has 150 valence electrons. The van der Waals surface area contributed by atoms with E-state index in [9.17, 15) is 9.59 Å². The average molecular weight is 412 g/mol. The Morgan fingerprint density at radius 1 is 1.28 bits per heavy atom. The van der Waals surface area contributed by atoms with Crippen LogP contribution in [0.2, 0.25) is 5.02 Å². The van der Waals surface area contributed by atoms with E-state index in [1.807, 2.05) is 18.2 Å². The van der Waals surface area contributed by atoms with Gasteiger partial charge in [-0.25, -0.2) is 4.98 Å². The number of carbonyl (C=O) groups is 2. The van der Waals surface area contributed by atoms with Crippen molar-refractivity contribution in [2.45, 2.75) is 38.1 Å². The predicted molar refractivity (Wildman–Crippen MR) is 111 cm³/mol. The average Bonchev–Trinajstić information content (AvgIpc) is 3.11. The van der Waals surface area contributed by atoms with Crippen LogP contribution in [0.4, 0.5) is 0 Å². The highest BCUT2D eigenvalue weighted by molar-refractivity contribution is 6.31. The normalized spacial score (nSPS) is 15.7. The molecule has 1 aliphatic rings. The van der Waals surface area contributed by atoms with E-state index in [2.05, 4.69) is 25.6 Å². The number of aromatic amines is 1. The second-order valence-corrected chi connectivity index (χ2v) is 7.61. The van der Waals surface area contributed by atoms with Crippen molar-refractivity contribution < 1.29 is 9.59 Å². The monoisotopic (exact) mass is 411 g/mol. The van der Waals surface area contributed by atoms with Crippen LogP contribution in [0.1, 0.15) is 53.5 Å². The van der Waals surface area contributed by atoms with Gasteiger partial charge in [-0.15, -0.1) is 0 Å². The molecular weight excluding hydrogens is 390 g/mol. The molecule has 8 heteroatoms. The van der Waals surface area contributed by atoms with E-state index in [4.69, 9.17) is 11.6 Å². The smallest absolute Gasteiger partial charge is 0.271 e. The Morgan fingerprint density at radius 3 is 3.00 bits per heavy atom. The van der Waals surface area contributed by atoms with Crippen LogP contribution in [0.15, 0.2) is 36.8 Å². The number of carbonyl (C=O) groups excluding carboxylic acids is 2. The maximum Gasteiger partial charge on any atom is 0.271 e. The Kier molecular flexibility index (Phi) is 5.76. The fraction of sp³-hybridized carbons (Fsp3) is 0.333. The third-order valence-corrected chi connectivity index (χ3v) is 5.40. The van der Waals surface area contributed by atoms with E-state index in [0.29, 0.717) is 24.4 Å². The van der Waals surface area contributed by atoms with Gasteiger partial charge in [0.15, 0.2) is 0 Å². The summed E-state index contributed by atoms with van der Waals surface area (Å²) in [5, 5.41) is 7.74. The van der Waals surface area contributed by atoms with Crippen LogP contribution >= 0.6 is 11.6 Å². The number of nitrogens with one attached hydrogen (secondary N) is 3. The van der Waals surface area contributed by atoms with Gasteiger partial charge in [0.1, 0.15) is 5.69 Å². The van der Waals surface area contributed by atoms with Crippen LogP contribution in [0, 0.1) is 0 Å². The Balaban J connectivity index is 1.31. The van der Waals surface area contributed by atoms with Crippen LogP contribution in [0.3, 0.4) is 0 Å². The summed E-state index contributed by atoms with van der Waals surface area (Å²) in [7, 11) is 0. The first kappa shape index (κ1) is 19.4. The van der Waals surface area contributed by atoms with E-state index in [1.54, 1.807) is 0 Å². The first-order chi connectivity index (χ1) is 14.1. The fourth-order valence-electron chi connectivity index (χ4n) is 3.80. The lowest BCUT2D eigenvalue weighted by Crippen LogP contribution is -2.32. The molecule has 0 saturated heterocycles. The zero-order chi connectivity index (χ0) is 20.2. The van der Waals surface area contributed by atoms with Gasteiger partial charge in [-0.3, -0.25) is 14.6 Å². The highest BCUT2D eigenvalue weighted by atomic mass is 35.5. The van der Waals surface area contributed by atoms with Gasteiger partial charge in [0.25, 0.3) is 5.91 Å². The Labute approximate surface area is 173 Å². The molecule has 3 aromatic rings. The maximum atomic E-state index is 12.4. The van der Waals surface area contributed by atoms with Gasteiger partial charge in [0, 0.05) is 47.0 Å². The van der Waals surface area contributed by atoms with Gasteiger partial charge in [-0.05, 0) is 49.4 Å². The molecule has 0 bridgehead atoms. The van der Waals surface area contributed by atoms with Gasteiger partial charge in [-0.1, -0.05) is 11.6 Å². The molecule has 7 nitrogen and oxygen atoms in total. The topological polar surface area (TPSA) is 99.8 Å². The second-order valence-electron chi connectivity index (χ2n) is 7.17. The largest absolute Gasteiger partial charge is 0.356 e. The number of halogens is 1. The molecule has 0 spiro atoms. The Hall–Kier alpha value is -2.93. The fourth-order valence-corrected chi connectivity index (χ4v) is 3.98. The zero-order valence-corrected chi connectivity index (χ0v) is 16.6. The number of benzene rings is 1. The molecule has 29 heavy (non-hydrogen) atoms. The lowest BCUT2D eigenvalue weighted by atomic mass is 9.91. The van der Waals surface area contributed by atoms with Gasteiger partial charge in [0.05, 0.1) is 12.2 Å². The van der Waals surface area contributed by atoms with E-state index < -0.39 is 0 Å². The molecule has 0 saturated carbocycles. The van der Waals surface area contributed by atoms with Gasteiger partial charge in [0.2, 0.25) is 5.91 Å². The molecule has 2 heterocycles. The third-order valence-electron chi connectivity index (χ3n) is 5.17. The number of aryl methyl sites for hydroxylation is 1. The van der Waals surface area contributed by atoms with Crippen LogP contribution in [0.25, 0.3) is 10.9 Å². The molecule has 1 aromatic carbocycles. The standard InChI is InChI=1S/C21H22ClN5O2/c22-13-6-7-16-15(11-13)14-3-1-4-17(20(14)27-16)26-19(28)5-2-8-25-21(29)18-12-23-9-10-24-18/h6-7,9-12,17,27H,1-5,8H2,(H,25,29)(H,26,28)/t17-/m0/s1.